The van der Waals surface area contributed by atoms with E-state index in [1.807, 2.05) is 12.1 Å². The van der Waals surface area contributed by atoms with E-state index < -0.39 is 11.9 Å². The van der Waals surface area contributed by atoms with Crippen molar-refractivity contribution in [1.82, 2.24) is 0 Å². The number of ether oxygens (including phenoxy) is 3. The van der Waals surface area contributed by atoms with Crippen molar-refractivity contribution in [3.8, 4) is 17.6 Å². The molecule has 0 spiro atoms. The summed E-state index contributed by atoms with van der Waals surface area (Å²) in [5, 5.41) is 11.0. The summed E-state index contributed by atoms with van der Waals surface area (Å²) in [4.78, 5) is 28.0. The summed E-state index contributed by atoms with van der Waals surface area (Å²) in [5.74, 6) is 0.838. The molecule has 1 aliphatic rings. The topological polar surface area (TPSA) is 90.0 Å². The predicted octanol–water partition coefficient (Wildman–Crippen LogP) is 8.83. The monoisotopic (exact) mass is 578 g/mol. The van der Waals surface area contributed by atoms with Crippen LogP contribution in [0.3, 0.4) is 0 Å². The van der Waals surface area contributed by atoms with Crippen molar-refractivity contribution in [2.75, 3.05) is 13.2 Å². The van der Waals surface area contributed by atoms with Crippen LogP contribution >= 0.6 is 0 Å². The van der Waals surface area contributed by atoms with Gasteiger partial charge in [-0.25, -0.2) is 14.4 Å². The minimum Gasteiger partial charge on any atom is -0.493 e. The number of hydrogen-bond acceptors (Lipinski definition) is 6. The highest BCUT2D eigenvalue weighted by Gasteiger charge is 2.23. The maximum absolute atomic E-state index is 13.3. The van der Waals surface area contributed by atoms with Crippen molar-refractivity contribution in [3.05, 3.63) is 89.3 Å². The lowest BCUT2D eigenvalue weighted by atomic mass is 9.77. The lowest BCUT2D eigenvalue weighted by molar-refractivity contribution is -0.137. The summed E-state index contributed by atoms with van der Waals surface area (Å²) in [7, 11) is 0. The zero-order valence-corrected chi connectivity index (χ0v) is 24.8. The summed E-state index contributed by atoms with van der Waals surface area (Å²) >= 11 is 0. The average Bonchev–Trinajstić information content (AvgIpc) is 3.05. The molecular formula is C36H38N2O5. The van der Waals surface area contributed by atoms with Crippen molar-refractivity contribution in [2.45, 2.75) is 70.6 Å². The van der Waals surface area contributed by atoms with Gasteiger partial charge in [0.2, 0.25) is 5.69 Å². The van der Waals surface area contributed by atoms with E-state index in [2.05, 4.69) is 24.4 Å². The van der Waals surface area contributed by atoms with E-state index in [4.69, 9.17) is 20.8 Å². The number of esters is 2. The molecule has 0 amide bonds. The Morgan fingerprint density at radius 1 is 1.05 bits per heavy atom. The quantitative estimate of drug-likeness (QED) is 0.0662. The second-order valence-corrected chi connectivity index (χ2v) is 11.0. The van der Waals surface area contributed by atoms with Crippen molar-refractivity contribution >= 4 is 28.4 Å². The summed E-state index contributed by atoms with van der Waals surface area (Å²) in [6, 6.07) is 16.5. The third-order valence-electron chi connectivity index (χ3n) is 8.14. The Bertz CT molecular complexity index is 1520. The molecule has 0 N–H and O–H groups in total. The van der Waals surface area contributed by atoms with Gasteiger partial charge in [-0.05, 0) is 80.2 Å². The molecule has 222 valence electrons. The van der Waals surface area contributed by atoms with Gasteiger partial charge in [0, 0.05) is 16.8 Å². The Balaban J connectivity index is 1.48. The van der Waals surface area contributed by atoms with Crippen molar-refractivity contribution in [2.24, 2.45) is 5.92 Å². The Morgan fingerprint density at radius 2 is 1.79 bits per heavy atom. The molecule has 0 saturated heterocycles. The number of fused-ring (bicyclic) bond motifs is 1. The normalized spacial score (nSPS) is 16.1. The summed E-state index contributed by atoms with van der Waals surface area (Å²) < 4.78 is 16.8. The van der Waals surface area contributed by atoms with Crippen LogP contribution in [-0.4, -0.2) is 25.2 Å². The van der Waals surface area contributed by atoms with Crippen LogP contribution in [0.1, 0.15) is 92.1 Å². The molecule has 0 unspecified atom stereocenters. The number of unbranched alkanes of at least 4 members (excludes halogenated alkanes) is 2. The number of nitrogens with zero attached hydrogens (tertiary/aromatic N) is 2. The molecule has 0 bridgehead atoms. The van der Waals surface area contributed by atoms with Gasteiger partial charge in [0.15, 0.2) is 0 Å². The third-order valence-corrected chi connectivity index (χ3v) is 8.14. The van der Waals surface area contributed by atoms with Gasteiger partial charge in [-0.1, -0.05) is 57.0 Å². The van der Waals surface area contributed by atoms with E-state index in [1.54, 1.807) is 36.4 Å². The van der Waals surface area contributed by atoms with Crippen LogP contribution in [0, 0.1) is 23.8 Å². The molecule has 0 aliphatic heterocycles. The minimum absolute atomic E-state index is 0.00786. The number of carbonyl (C=O) groups excluding carboxylic acids is 2. The molecule has 0 atom stereocenters. The van der Waals surface area contributed by atoms with Crippen LogP contribution in [0.5, 0.6) is 11.5 Å². The largest absolute Gasteiger partial charge is 0.493 e. The van der Waals surface area contributed by atoms with E-state index in [0.717, 1.165) is 12.0 Å². The lowest BCUT2D eigenvalue weighted by Gasteiger charge is -2.28. The minimum atomic E-state index is -0.588. The van der Waals surface area contributed by atoms with E-state index in [9.17, 15) is 14.9 Å². The van der Waals surface area contributed by atoms with Crippen LogP contribution in [0.4, 0.5) is 5.69 Å². The van der Waals surface area contributed by atoms with E-state index in [-0.39, 0.29) is 23.6 Å². The fraction of sp³-hybridized carbons (Fsp3) is 0.389. The Labute approximate surface area is 253 Å². The van der Waals surface area contributed by atoms with E-state index in [1.165, 1.54) is 50.5 Å². The maximum atomic E-state index is 13.3. The van der Waals surface area contributed by atoms with E-state index in [0.29, 0.717) is 47.5 Å². The van der Waals surface area contributed by atoms with Gasteiger partial charge in [0.25, 0.3) is 0 Å². The Kier molecular flexibility index (Phi) is 11.3. The van der Waals surface area contributed by atoms with E-state index >= 15 is 0 Å². The summed E-state index contributed by atoms with van der Waals surface area (Å²) in [6.45, 7) is 13.9. The molecule has 43 heavy (non-hydrogen) atoms. The number of rotatable bonds is 13. The van der Waals surface area contributed by atoms with Crippen LogP contribution in [-0.2, 0) is 9.53 Å². The Hall–Kier alpha value is -4.62. The average molecular weight is 579 g/mol. The summed E-state index contributed by atoms with van der Waals surface area (Å²) in [5.41, 5.74) is 1.71. The van der Waals surface area contributed by atoms with Gasteiger partial charge in [-0.3, -0.25) is 0 Å². The first-order valence-electron chi connectivity index (χ1n) is 15.1. The molecule has 4 rings (SSSR count). The lowest BCUT2D eigenvalue weighted by Crippen LogP contribution is -2.14. The Morgan fingerprint density at radius 3 is 2.47 bits per heavy atom. The molecule has 1 aliphatic carbocycles. The first kappa shape index (κ1) is 31.3. The van der Waals surface area contributed by atoms with Gasteiger partial charge < -0.3 is 14.2 Å². The molecule has 0 heterocycles. The molecule has 1 saturated carbocycles. The molecule has 3 aromatic carbocycles. The highest BCUT2D eigenvalue weighted by atomic mass is 16.5. The van der Waals surface area contributed by atoms with Crippen LogP contribution in [0.2, 0.25) is 0 Å². The second-order valence-electron chi connectivity index (χ2n) is 11.0. The van der Waals surface area contributed by atoms with Crippen LogP contribution in [0.25, 0.3) is 15.6 Å². The first-order valence-corrected chi connectivity index (χ1v) is 15.1. The smallest absolute Gasteiger partial charge is 0.343 e. The second kappa shape index (κ2) is 15.6. The fourth-order valence-electron chi connectivity index (χ4n) is 5.72. The fourth-order valence-corrected chi connectivity index (χ4v) is 5.72. The number of carbonyl (C=O) groups is 2. The number of nitriles is 1. The standard InChI is InChI=1S/C36H38N2O5/c1-4-6-10-25-13-15-26(16-14-25)27-17-19-28(20-18-27)36(40)43-35-29-11-9-12-33(30(29)23-32(38-3)31(35)24-37)41-21-7-8-22-42-34(39)5-2/h5,9,11-12,17-20,23,25-26H,2,4,6-8,10,13-16,21-22H2,1H3. The number of hydrogen-bond donors (Lipinski definition) is 0. The van der Waals surface area contributed by atoms with Gasteiger partial charge in [0.1, 0.15) is 17.1 Å². The highest BCUT2D eigenvalue weighted by Crippen LogP contribution is 2.41. The molecule has 0 radical (unpaired) electrons. The third kappa shape index (κ3) is 8.02. The number of benzene rings is 3. The van der Waals surface area contributed by atoms with Crippen molar-refractivity contribution < 1.29 is 23.8 Å². The molecule has 3 aromatic rings. The first-order chi connectivity index (χ1) is 21.0. The molecule has 7 heteroatoms. The van der Waals surface area contributed by atoms with Gasteiger partial charge in [-0.2, -0.15) is 5.26 Å². The highest BCUT2D eigenvalue weighted by molar-refractivity contribution is 6.02. The molecule has 1 fully saturated rings. The van der Waals surface area contributed by atoms with Gasteiger partial charge >= 0.3 is 11.9 Å². The summed E-state index contributed by atoms with van der Waals surface area (Å²) in [6.07, 6.45) is 11.1. The predicted molar refractivity (Wildman–Crippen MR) is 166 cm³/mol. The molecule has 0 aromatic heterocycles. The maximum Gasteiger partial charge on any atom is 0.343 e. The van der Waals surface area contributed by atoms with Crippen molar-refractivity contribution in [1.29, 1.82) is 5.26 Å². The SMILES string of the molecule is [C-]#[N+]c1cc2c(OCCCCOC(=O)C=C)cccc2c(OC(=O)c2ccc(C3CCC(CCCC)CC3)cc2)c1C#N. The van der Waals surface area contributed by atoms with Crippen LogP contribution in [0.15, 0.2) is 61.2 Å². The van der Waals surface area contributed by atoms with Crippen LogP contribution < -0.4 is 9.47 Å². The van der Waals surface area contributed by atoms with Gasteiger partial charge in [-0.15, -0.1) is 0 Å². The molecular weight excluding hydrogens is 540 g/mol. The molecule has 7 nitrogen and oxygen atoms in total. The van der Waals surface area contributed by atoms with Gasteiger partial charge in [0.05, 0.1) is 31.4 Å². The zero-order chi connectivity index (χ0) is 30.6. The zero-order valence-electron chi connectivity index (χ0n) is 24.8. The van der Waals surface area contributed by atoms with Crippen molar-refractivity contribution in [3.63, 3.8) is 0 Å².